The zero-order valence-electron chi connectivity index (χ0n) is 15.2. The van der Waals surface area contributed by atoms with Crippen molar-refractivity contribution in [2.75, 3.05) is 14.2 Å². The maximum Gasteiger partial charge on any atom is 0.220 e. The lowest BCUT2D eigenvalue weighted by molar-refractivity contribution is -0.121. The average Bonchev–Trinajstić information content (AvgIpc) is 2.65. The molecule has 25 heavy (non-hydrogen) atoms. The monoisotopic (exact) mass is 341 g/mol. The van der Waals surface area contributed by atoms with Crippen LogP contribution in [0.3, 0.4) is 0 Å². The van der Waals surface area contributed by atoms with Gasteiger partial charge in [0.15, 0.2) is 0 Å². The van der Waals surface area contributed by atoms with E-state index in [2.05, 4.69) is 5.32 Å². The molecule has 0 radical (unpaired) electrons. The molecule has 1 N–H and O–H groups in total. The highest BCUT2D eigenvalue weighted by molar-refractivity contribution is 5.76. The summed E-state index contributed by atoms with van der Waals surface area (Å²) in [5, 5.41) is 3.08. The molecule has 0 saturated carbocycles. The smallest absolute Gasteiger partial charge is 0.220 e. The van der Waals surface area contributed by atoms with Gasteiger partial charge in [-0.2, -0.15) is 0 Å². The maximum atomic E-state index is 12.1. The summed E-state index contributed by atoms with van der Waals surface area (Å²) >= 11 is 0. The molecule has 0 aliphatic rings. The Labute approximate surface area is 150 Å². The Morgan fingerprint density at radius 2 is 1.80 bits per heavy atom. The summed E-state index contributed by atoms with van der Waals surface area (Å²) in [5.74, 6) is 1.70. The van der Waals surface area contributed by atoms with Crippen molar-refractivity contribution in [1.29, 1.82) is 0 Å². The number of benzene rings is 2. The minimum absolute atomic E-state index is 0.0954. The number of carbonyl (C=O) groups is 1. The van der Waals surface area contributed by atoms with Crippen molar-refractivity contribution in [2.24, 2.45) is 0 Å². The van der Waals surface area contributed by atoms with Crippen molar-refractivity contribution in [3.8, 4) is 11.5 Å². The first kappa shape index (κ1) is 18.8. The van der Waals surface area contributed by atoms with Crippen molar-refractivity contribution in [2.45, 2.75) is 38.6 Å². The van der Waals surface area contributed by atoms with Crippen LogP contribution in [0, 0.1) is 0 Å². The molecule has 0 aliphatic carbocycles. The van der Waals surface area contributed by atoms with Crippen LogP contribution < -0.4 is 14.8 Å². The van der Waals surface area contributed by atoms with E-state index >= 15 is 0 Å². The van der Waals surface area contributed by atoms with Gasteiger partial charge in [0.1, 0.15) is 11.5 Å². The molecule has 0 fully saturated rings. The van der Waals surface area contributed by atoms with Gasteiger partial charge >= 0.3 is 0 Å². The van der Waals surface area contributed by atoms with Gasteiger partial charge in [-0.05, 0) is 43.4 Å². The van der Waals surface area contributed by atoms with Gasteiger partial charge < -0.3 is 14.8 Å². The zero-order valence-corrected chi connectivity index (χ0v) is 15.2. The number of ether oxygens (including phenoxy) is 2. The molecule has 0 heterocycles. The van der Waals surface area contributed by atoms with Crippen LogP contribution in [0.5, 0.6) is 11.5 Å². The Bertz CT molecular complexity index is 670. The summed E-state index contributed by atoms with van der Waals surface area (Å²) in [7, 11) is 3.30. The molecule has 2 aromatic rings. The Kier molecular flexibility index (Phi) is 7.33. The van der Waals surface area contributed by atoms with Crippen LogP contribution in [-0.2, 0) is 17.6 Å². The first-order chi connectivity index (χ1) is 12.1. The lowest BCUT2D eigenvalue weighted by atomic mass is 10.0. The minimum Gasteiger partial charge on any atom is -0.497 e. The third-order valence-electron chi connectivity index (χ3n) is 4.23. The van der Waals surface area contributed by atoms with Gasteiger partial charge in [0.25, 0.3) is 0 Å². The molecular weight excluding hydrogens is 314 g/mol. The van der Waals surface area contributed by atoms with Gasteiger partial charge in [0.05, 0.1) is 14.2 Å². The second kappa shape index (κ2) is 9.72. The molecule has 0 bridgehead atoms. The van der Waals surface area contributed by atoms with Crippen LogP contribution in [0.4, 0.5) is 0 Å². The number of carbonyl (C=O) groups excluding carboxylic acids is 1. The number of hydrogen-bond acceptors (Lipinski definition) is 3. The van der Waals surface area contributed by atoms with Gasteiger partial charge in [-0.3, -0.25) is 4.79 Å². The average molecular weight is 341 g/mol. The molecular formula is C21H27NO3. The van der Waals surface area contributed by atoms with E-state index in [0.717, 1.165) is 36.3 Å². The van der Waals surface area contributed by atoms with Crippen LogP contribution in [0.25, 0.3) is 0 Å². The number of rotatable bonds is 9. The molecule has 0 spiro atoms. The highest BCUT2D eigenvalue weighted by atomic mass is 16.5. The topological polar surface area (TPSA) is 47.6 Å². The van der Waals surface area contributed by atoms with Gasteiger partial charge in [-0.1, -0.05) is 36.4 Å². The van der Waals surface area contributed by atoms with E-state index in [9.17, 15) is 4.79 Å². The van der Waals surface area contributed by atoms with Crippen molar-refractivity contribution in [3.63, 3.8) is 0 Å². The highest BCUT2D eigenvalue weighted by Crippen LogP contribution is 2.25. The van der Waals surface area contributed by atoms with Gasteiger partial charge in [-0.15, -0.1) is 0 Å². The predicted molar refractivity (Wildman–Crippen MR) is 100 cm³/mol. The Morgan fingerprint density at radius 3 is 2.48 bits per heavy atom. The first-order valence-corrected chi connectivity index (χ1v) is 8.66. The van der Waals surface area contributed by atoms with E-state index in [4.69, 9.17) is 9.47 Å². The number of hydrogen-bond donors (Lipinski definition) is 1. The fourth-order valence-corrected chi connectivity index (χ4v) is 2.75. The summed E-state index contributed by atoms with van der Waals surface area (Å²) in [6.45, 7) is 2.04. The van der Waals surface area contributed by atoms with Gasteiger partial charge in [0, 0.05) is 18.5 Å². The zero-order chi connectivity index (χ0) is 18.1. The number of amides is 1. The summed E-state index contributed by atoms with van der Waals surface area (Å²) < 4.78 is 10.6. The minimum atomic E-state index is 0.0954. The molecule has 0 aliphatic heterocycles. The van der Waals surface area contributed by atoms with Gasteiger partial charge in [-0.25, -0.2) is 0 Å². The fraction of sp³-hybridized carbons (Fsp3) is 0.381. The van der Waals surface area contributed by atoms with Crippen molar-refractivity contribution in [3.05, 3.63) is 59.7 Å². The van der Waals surface area contributed by atoms with Crippen LogP contribution in [0.2, 0.25) is 0 Å². The molecule has 0 saturated heterocycles. The number of methoxy groups -OCH3 is 2. The summed E-state index contributed by atoms with van der Waals surface area (Å²) in [6, 6.07) is 16.0. The summed E-state index contributed by atoms with van der Waals surface area (Å²) in [5.41, 5.74) is 2.31. The lowest BCUT2D eigenvalue weighted by Gasteiger charge is -2.15. The number of nitrogens with one attached hydrogen (secondary N) is 1. The van der Waals surface area contributed by atoms with E-state index in [1.165, 1.54) is 5.56 Å². The molecule has 134 valence electrons. The summed E-state index contributed by atoms with van der Waals surface area (Å²) in [4.78, 5) is 12.1. The Morgan fingerprint density at radius 1 is 1.04 bits per heavy atom. The Hall–Kier alpha value is -2.49. The van der Waals surface area contributed by atoms with E-state index in [0.29, 0.717) is 6.42 Å². The molecule has 1 amide bonds. The SMILES string of the molecule is COc1ccc(CC[C@@H](C)NC(=O)CCc2ccccc2)c(OC)c1. The Balaban J connectivity index is 1.78. The molecule has 1 atom stereocenters. The highest BCUT2D eigenvalue weighted by Gasteiger charge is 2.10. The molecule has 2 rings (SSSR count). The third kappa shape index (κ3) is 6.14. The van der Waals surface area contributed by atoms with Crippen LogP contribution in [-0.4, -0.2) is 26.2 Å². The molecule has 0 unspecified atom stereocenters. The lowest BCUT2D eigenvalue weighted by Crippen LogP contribution is -2.33. The van der Waals surface area contributed by atoms with Crippen molar-refractivity contribution >= 4 is 5.91 Å². The van der Waals surface area contributed by atoms with Crippen LogP contribution >= 0.6 is 0 Å². The van der Waals surface area contributed by atoms with E-state index in [1.807, 2.05) is 55.5 Å². The largest absolute Gasteiger partial charge is 0.497 e. The molecule has 2 aromatic carbocycles. The molecule has 4 nitrogen and oxygen atoms in total. The predicted octanol–water partition coefficient (Wildman–Crippen LogP) is 3.77. The summed E-state index contributed by atoms with van der Waals surface area (Å²) in [6.07, 6.45) is 2.99. The second-order valence-electron chi connectivity index (χ2n) is 6.17. The maximum absolute atomic E-state index is 12.1. The molecule has 4 heteroatoms. The van der Waals surface area contributed by atoms with E-state index in [1.54, 1.807) is 14.2 Å². The number of aryl methyl sites for hydroxylation is 2. The standard InChI is InChI=1S/C21H27NO3/c1-16(22-21(23)14-10-17-7-5-4-6-8-17)9-11-18-12-13-19(24-2)15-20(18)25-3/h4-8,12-13,15-16H,9-11,14H2,1-3H3,(H,22,23)/t16-/m1/s1. The van der Waals surface area contributed by atoms with Gasteiger partial charge in [0.2, 0.25) is 5.91 Å². The fourth-order valence-electron chi connectivity index (χ4n) is 2.75. The van der Waals surface area contributed by atoms with Crippen LogP contribution in [0.1, 0.15) is 30.9 Å². The van der Waals surface area contributed by atoms with E-state index < -0.39 is 0 Å². The van der Waals surface area contributed by atoms with Crippen LogP contribution in [0.15, 0.2) is 48.5 Å². The third-order valence-corrected chi connectivity index (χ3v) is 4.23. The second-order valence-corrected chi connectivity index (χ2v) is 6.17. The van der Waals surface area contributed by atoms with Crippen molar-refractivity contribution < 1.29 is 14.3 Å². The molecule has 0 aromatic heterocycles. The van der Waals surface area contributed by atoms with Crippen molar-refractivity contribution in [1.82, 2.24) is 5.32 Å². The normalized spacial score (nSPS) is 11.6. The first-order valence-electron chi connectivity index (χ1n) is 8.66. The van der Waals surface area contributed by atoms with E-state index in [-0.39, 0.29) is 11.9 Å². The quantitative estimate of drug-likeness (QED) is 0.755.